The van der Waals surface area contributed by atoms with Gasteiger partial charge in [0.05, 0.1) is 30.3 Å². The number of benzene rings is 2. The molecule has 0 saturated carbocycles. The quantitative estimate of drug-likeness (QED) is 0.368. The maximum Gasteiger partial charge on any atom is 0.340 e. The van der Waals surface area contributed by atoms with Crippen LogP contribution in [0.25, 0.3) is 33.1 Å². The first-order chi connectivity index (χ1) is 16.3. The fraction of sp³-hybridized carbons (Fsp3) is 0.240. The summed E-state index contributed by atoms with van der Waals surface area (Å²) in [6, 6.07) is 9.73. The average Bonchev–Trinajstić information content (AvgIpc) is 3.21. The number of carbonyl (C=O) groups is 2. The molecule has 0 aliphatic carbocycles. The first-order valence-corrected chi connectivity index (χ1v) is 12.3. The van der Waals surface area contributed by atoms with Crippen molar-refractivity contribution < 1.29 is 23.5 Å². The second-order valence-electron chi connectivity index (χ2n) is 7.89. The molecule has 2 heterocycles. The number of hydrogen-bond acceptors (Lipinski definition) is 7. The number of rotatable bonds is 8. The molecule has 0 spiro atoms. The minimum absolute atomic E-state index is 0.169. The number of aliphatic carboxylic acids is 1. The number of carboxylic acid groups (broad SMARTS) is 1. The Labute approximate surface area is 204 Å². The molecule has 2 aromatic heterocycles. The molecule has 0 aliphatic rings. The summed E-state index contributed by atoms with van der Waals surface area (Å²) in [4.78, 5) is 36.5. The summed E-state index contributed by atoms with van der Waals surface area (Å²) in [7, 11) is 0. The van der Waals surface area contributed by atoms with Gasteiger partial charge in [-0.15, -0.1) is 0 Å². The number of nitrogens with one attached hydrogen (secondary N) is 1. The van der Waals surface area contributed by atoms with Gasteiger partial charge >= 0.3 is 5.63 Å². The van der Waals surface area contributed by atoms with Gasteiger partial charge in [-0.1, -0.05) is 23.7 Å². The lowest BCUT2D eigenvalue weighted by molar-refractivity contribution is -0.308. The molecule has 0 saturated heterocycles. The molecule has 0 aliphatic heterocycles. The molecule has 1 N–H and O–H groups in total. The topological polar surface area (TPSA) is 113 Å². The number of furan rings is 1. The second-order valence-corrected chi connectivity index (χ2v) is 9.31. The van der Waals surface area contributed by atoms with E-state index >= 15 is 0 Å². The average molecular weight is 499 g/mol. The van der Waals surface area contributed by atoms with Gasteiger partial charge in [-0.2, -0.15) is 11.8 Å². The number of fused-ring (bicyclic) bond motifs is 2. The molecule has 4 rings (SSSR count). The molecule has 2 aromatic carbocycles. The number of carboxylic acids is 1. The molecule has 4 aromatic rings. The van der Waals surface area contributed by atoms with Crippen LogP contribution in [0.1, 0.15) is 17.5 Å². The van der Waals surface area contributed by atoms with Gasteiger partial charge in [-0.3, -0.25) is 4.79 Å². The smallest absolute Gasteiger partial charge is 0.340 e. The Balaban J connectivity index is 1.71. The SMILES string of the molecule is CSCC[C@H](NC(=O)Cc1c(C)c2cc3c(-c4ccc(Cl)cc4)coc3cc2oc1=O)C(=O)[O-]. The first kappa shape index (κ1) is 23.9. The Morgan fingerprint density at radius 1 is 1.15 bits per heavy atom. The Hall–Kier alpha value is -3.23. The molecular formula is C25H21ClNO6S-. The molecule has 0 bridgehead atoms. The standard InChI is InChI=1S/C25H22ClNO6S/c1-13-16-9-18-19(14-3-5-15(26)6-4-14)12-32-21(18)11-22(16)33-25(31)17(13)10-23(28)27-20(24(29)30)7-8-34-2/h3-6,9,11-12,20H,7-8,10H2,1-2H3,(H,27,28)(H,29,30)/p-1/t20-/m0/s1. The predicted molar refractivity (Wildman–Crippen MR) is 131 cm³/mol. The van der Waals surface area contributed by atoms with Crippen LogP contribution in [0.15, 0.2) is 56.3 Å². The number of hydrogen-bond donors (Lipinski definition) is 1. The molecule has 34 heavy (non-hydrogen) atoms. The van der Waals surface area contributed by atoms with E-state index in [0.717, 1.165) is 16.5 Å². The molecule has 7 nitrogen and oxygen atoms in total. The van der Waals surface area contributed by atoms with Gasteiger partial charge in [-0.05, 0) is 54.7 Å². The minimum Gasteiger partial charge on any atom is -0.548 e. The van der Waals surface area contributed by atoms with Gasteiger partial charge in [0.25, 0.3) is 0 Å². The molecule has 0 radical (unpaired) electrons. The van der Waals surface area contributed by atoms with Crippen molar-refractivity contribution in [1.82, 2.24) is 5.32 Å². The van der Waals surface area contributed by atoms with E-state index in [9.17, 15) is 19.5 Å². The van der Waals surface area contributed by atoms with E-state index in [2.05, 4.69) is 5.32 Å². The Kier molecular flexibility index (Phi) is 7.00. The van der Waals surface area contributed by atoms with Crippen LogP contribution in [-0.2, 0) is 16.0 Å². The third-order valence-corrected chi connectivity index (χ3v) is 6.60. The fourth-order valence-electron chi connectivity index (χ4n) is 3.86. The summed E-state index contributed by atoms with van der Waals surface area (Å²) in [5.74, 6) is -1.40. The summed E-state index contributed by atoms with van der Waals surface area (Å²) < 4.78 is 11.2. The van der Waals surface area contributed by atoms with Crippen LogP contribution in [0.4, 0.5) is 0 Å². The maximum absolute atomic E-state index is 12.7. The third kappa shape index (κ3) is 4.83. The van der Waals surface area contributed by atoms with Crippen molar-refractivity contribution in [2.75, 3.05) is 12.0 Å². The molecule has 9 heteroatoms. The number of aryl methyl sites for hydroxylation is 1. The van der Waals surface area contributed by atoms with Crippen molar-refractivity contribution in [3.05, 3.63) is 69.2 Å². The minimum atomic E-state index is -1.36. The van der Waals surface area contributed by atoms with Crippen molar-refractivity contribution in [2.45, 2.75) is 25.8 Å². The van der Waals surface area contributed by atoms with Crippen molar-refractivity contribution in [2.24, 2.45) is 0 Å². The highest BCUT2D eigenvalue weighted by Gasteiger charge is 2.20. The van der Waals surface area contributed by atoms with E-state index in [1.54, 1.807) is 31.4 Å². The molecule has 0 fully saturated rings. The molecule has 1 atom stereocenters. The van der Waals surface area contributed by atoms with Gasteiger partial charge in [0, 0.05) is 27.4 Å². The van der Waals surface area contributed by atoms with E-state index in [1.165, 1.54) is 11.8 Å². The number of thioether (sulfide) groups is 1. The molecule has 176 valence electrons. The fourth-order valence-corrected chi connectivity index (χ4v) is 4.46. The molecular weight excluding hydrogens is 478 g/mol. The number of halogens is 1. The largest absolute Gasteiger partial charge is 0.548 e. The van der Waals surface area contributed by atoms with Crippen molar-refractivity contribution >= 4 is 57.2 Å². The Morgan fingerprint density at radius 2 is 1.88 bits per heavy atom. The highest BCUT2D eigenvalue weighted by Crippen LogP contribution is 2.35. The van der Waals surface area contributed by atoms with E-state index in [-0.39, 0.29) is 18.4 Å². The molecule has 0 unspecified atom stereocenters. The van der Waals surface area contributed by atoms with Crippen molar-refractivity contribution in [3.63, 3.8) is 0 Å². The summed E-state index contributed by atoms with van der Waals surface area (Å²) in [6.45, 7) is 1.74. The summed E-state index contributed by atoms with van der Waals surface area (Å²) in [5, 5.41) is 15.9. The van der Waals surface area contributed by atoms with Gasteiger partial charge in [-0.25, -0.2) is 4.79 Å². The van der Waals surface area contributed by atoms with Gasteiger partial charge in [0.1, 0.15) is 11.2 Å². The lowest BCUT2D eigenvalue weighted by Gasteiger charge is -2.19. The highest BCUT2D eigenvalue weighted by atomic mass is 35.5. The summed E-state index contributed by atoms with van der Waals surface area (Å²) in [5.41, 5.74) is 2.75. The Bertz CT molecular complexity index is 1440. The van der Waals surface area contributed by atoms with Crippen LogP contribution in [-0.4, -0.2) is 29.9 Å². The second kappa shape index (κ2) is 9.95. The van der Waals surface area contributed by atoms with E-state index < -0.39 is 23.5 Å². The zero-order valence-corrected chi connectivity index (χ0v) is 20.0. The van der Waals surface area contributed by atoms with Gasteiger partial charge in [0.15, 0.2) is 0 Å². The van der Waals surface area contributed by atoms with Crippen LogP contribution in [0, 0.1) is 6.92 Å². The molecule has 1 amide bonds. The van der Waals surface area contributed by atoms with E-state index in [0.29, 0.717) is 32.9 Å². The maximum atomic E-state index is 12.7. The van der Waals surface area contributed by atoms with Crippen molar-refractivity contribution in [3.8, 4) is 11.1 Å². The zero-order valence-electron chi connectivity index (χ0n) is 18.5. The van der Waals surface area contributed by atoms with Gasteiger partial charge in [0.2, 0.25) is 5.91 Å². The summed E-state index contributed by atoms with van der Waals surface area (Å²) >= 11 is 7.47. The highest BCUT2D eigenvalue weighted by molar-refractivity contribution is 7.98. The predicted octanol–water partition coefficient (Wildman–Crippen LogP) is 3.70. The van der Waals surface area contributed by atoms with E-state index in [4.69, 9.17) is 20.4 Å². The monoisotopic (exact) mass is 498 g/mol. The zero-order chi connectivity index (χ0) is 24.4. The van der Waals surface area contributed by atoms with Crippen LogP contribution in [0.5, 0.6) is 0 Å². The van der Waals surface area contributed by atoms with Crippen LogP contribution < -0.4 is 16.0 Å². The Morgan fingerprint density at radius 3 is 2.56 bits per heavy atom. The van der Waals surface area contributed by atoms with Gasteiger partial charge < -0.3 is 24.1 Å². The van der Waals surface area contributed by atoms with E-state index in [1.807, 2.05) is 24.5 Å². The van der Waals surface area contributed by atoms with Crippen LogP contribution >= 0.6 is 23.4 Å². The number of carbonyl (C=O) groups excluding carboxylic acids is 2. The lowest BCUT2D eigenvalue weighted by Crippen LogP contribution is -2.48. The van der Waals surface area contributed by atoms with Crippen molar-refractivity contribution in [1.29, 1.82) is 0 Å². The summed E-state index contributed by atoms with van der Waals surface area (Å²) in [6.07, 6.45) is 3.39. The third-order valence-electron chi connectivity index (χ3n) is 5.70. The van der Waals surface area contributed by atoms with Crippen LogP contribution in [0.2, 0.25) is 5.02 Å². The van der Waals surface area contributed by atoms with Crippen LogP contribution in [0.3, 0.4) is 0 Å². The lowest BCUT2D eigenvalue weighted by atomic mass is 9.99. The number of amides is 1. The first-order valence-electron chi connectivity index (χ1n) is 10.5. The normalized spacial score (nSPS) is 12.2.